The first kappa shape index (κ1) is 26.3. The van der Waals surface area contributed by atoms with E-state index in [4.69, 9.17) is 21.3 Å². The molecule has 198 valence electrons. The molecule has 2 heterocycles. The van der Waals surface area contributed by atoms with E-state index < -0.39 is 6.09 Å². The van der Waals surface area contributed by atoms with Gasteiger partial charge in [-0.15, -0.1) is 0 Å². The van der Waals surface area contributed by atoms with E-state index in [1.54, 1.807) is 15.6 Å². The lowest BCUT2D eigenvalue weighted by atomic mass is 9.97. The molecule has 10 heteroatoms. The topological polar surface area (TPSA) is 88.2 Å². The molecule has 0 radical (unpaired) electrons. The van der Waals surface area contributed by atoms with Crippen LogP contribution in [-0.4, -0.2) is 65.5 Å². The molecular weight excluding hydrogens is 521 g/mol. The van der Waals surface area contributed by atoms with Gasteiger partial charge in [0, 0.05) is 24.0 Å². The Morgan fingerprint density at radius 1 is 1.03 bits per heavy atom. The molecule has 2 saturated heterocycles. The molecule has 2 aromatic carbocycles. The van der Waals surface area contributed by atoms with Crippen molar-refractivity contribution in [2.45, 2.75) is 49.7 Å². The van der Waals surface area contributed by atoms with Gasteiger partial charge in [-0.05, 0) is 59.7 Å². The van der Waals surface area contributed by atoms with E-state index in [-0.39, 0.29) is 55.8 Å². The molecule has 5 rings (SSSR count). The van der Waals surface area contributed by atoms with Crippen molar-refractivity contribution in [3.05, 3.63) is 72.3 Å². The number of hydrogen-bond donors (Lipinski definition) is 1. The fourth-order valence-electron chi connectivity index (χ4n) is 6.04. The van der Waals surface area contributed by atoms with Gasteiger partial charge in [0.25, 0.3) is 0 Å². The Balaban J connectivity index is 1.14. The zero-order valence-electron chi connectivity index (χ0n) is 21.0. The first-order chi connectivity index (χ1) is 18.5. The molecule has 38 heavy (non-hydrogen) atoms. The minimum absolute atomic E-state index is 0.0122. The molecule has 2 aliphatic heterocycles. The number of ether oxygens (including phenoxy) is 2. The molecule has 0 aromatic heterocycles. The fourth-order valence-corrected chi connectivity index (χ4v) is 7.20. The molecular formula is C28H30N3O5PS. The summed E-state index contributed by atoms with van der Waals surface area (Å²) in [6, 6.07) is 16.2. The van der Waals surface area contributed by atoms with Crippen molar-refractivity contribution in [1.29, 1.82) is 0 Å². The zero-order chi connectivity index (χ0) is 26.6. The smallest absolute Gasteiger partial charge is 0.410 e. The Kier molecular flexibility index (Phi) is 8.05. The summed E-state index contributed by atoms with van der Waals surface area (Å²) in [6.07, 6.45) is 3.60. The van der Waals surface area contributed by atoms with Crippen LogP contribution in [0, 0.1) is 0 Å². The van der Waals surface area contributed by atoms with Crippen LogP contribution in [0.1, 0.15) is 42.7 Å². The lowest BCUT2D eigenvalue weighted by Gasteiger charge is -2.40. The summed E-state index contributed by atoms with van der Waals surface area (Å²) in [5, 5.41) is 2.60. The van der Waals surface area contributed by atoms with Gasteiger partial charge in [-0.1, -0.05) is 61.2 Å². The van der Waals surface area contributed by atoms with Crippen LogP contribution in [-0.2, 0) is 26.1 Å². The molecule has 2 fully saturated rings. The molecule has 0 saturated carbocycles. The molecule has 1 aliphatic carbocycles. The van der Waals surface area contributed by atoms with Crippen molar-refractivity contribution in [3.63, 3.8) is 0 Å². The molecule has 3 aliphatic rings. The minimum atomic E-state index is -0.638. The van der Waals surface area contributed by atoms with Crippen LogP contribution in [0.2, 0.25) is 0 Å². The molecule has 2 aromatic rings. The Hall–Kier alpha value is -3.29. The number of fused-ring (bicyclic) bond motifs is 5. The van der Waals surface area contributed by atoms with Gasteiger partial charge in [-0.3, -0.25) is 9.46 Å². The standard InChI is InChI=1S/C28H30N3O5PS/c1-2-13-35-28(34)30-18-11-12-19(30)15-20(14-18)31(37-38)26(32)16-29-27(33)36-17-25-23-9-5-3-7-21(23)22-8-4-6-10-24(22)25/h2-10,18-20,25H,1,11-17H2,(H,29,33)/t18-,19+,20+. The third kappa shape index (κ3) is 5.18. The SMILES string of the molecule is C=CCOC(=O)N1[C@@H]2CC[C@H]1C[C@@H](N(P=S)C(=O)CNC(=O)OCC1c3ccccc3-c3ccccc31)C2. The average molecular weight is 552 g/mol. The number of nitrogens with zero attached hydrogens (tertiary/aromatic N) is 2. The lowest BCUT2D eigenvalue weighted by molar-refractivity contribution is -0.127. The summed E-state index contributed by atoms with van der Waals surface area (Å²) in [7, 11) is 0.393. The van der Waals surface area contributed by atoms with Crippen LogP contribution in [0.3, 0.4) is 0 Å². The number of alkyl carbamates (subject to hydrolysis) is 1. The van der Waals surface area contributed by atoms with Crippen LogP contribution >= 0.6 is 7.51 Å². The lowest BCUT2D eigenvalue weighted by Crippen LogP contribution is -2.52. The average Bonchev–Trinajstić information content (AvgIpc) is 3.40. The number of piperidine rings is 1. The highest BCUT2D eigenvalue weighted by Gasteiger charge is 2.46. The van der Waals surface area contributed by atoms with Crippen molar-refractivity contribution in [2.75, 3.05) is 19.8 Å². The van der Waals surface area contributed by atoms with E-state index in [1.807, 2.05) is 24.3 Å². The molecule has 3 amide bonds. The Labute approximate surface area is 228 Å². The first-order valence-electron chi connectivity index (χ1n) is 12.8. The Morgan fingerprint density at radius 3 is 2.21 bits per heavy atom. The van der Waals surface area contributed by atoms with Gasteiger partial charge in [-0.25, -0.2) is 9.59 Å². The van der Waals surface area contributed by atoms with Gasteiger partial charge in [-0.2, -0.15) is 0 Å². The summed E-state index contributed by atoms with van der Waals surface area (Å²) in [5.74, 6) is -0.312. The number of carbonyl (C=O) groups excluding carboxylic acids is 3. The van der Waals surface area contributed by atoms with Gasteiger partial charge in [0.05, 0.1) is 7.51 Å². The van der Waals surface area contributed by atoms with E-state index in [1.165, 1.54) is 0 Å². The maximum atomic E-state index is 13.0. The predicted molar refractivity (Wildman–Crippen MR) is 147 cm³/mol. The predicted octanol–water partition coefficient (Wildman–Crippen LogP) is 4.99. The monoisotopic (exact) mass is 551 g/mol. The second-order valence-corrected chi connectivity index (χ2v) is 10.9. The van der Waals surface area contributed by atoms with Crippen LogP contribution in [0.5, 0.6) is 0 Å². The van der Waals surface area contributed by atoms with Crippen LogP contribution in [0.4, 0.5) is 9.59 Å². The normalized spacial score (nSPS) is 21.4. The van der Waals surface area contributed by atoms with Crippen molar-refractivity contribution in [1.82, 2.24) is 14.9 Å². The van der Waals surface area contributed by atoms with Crippen LogP contribution in [0.25, 0.3) is 11.1 Å². The highest BCUT2D eigenvalue weighted by molar-refractivity contribution is 7.95. The highest BCUT2D eigenvalue weighted by Crippen LogP contribution is 2.44. The third-order valence-electron chi connectivity index (χ3n) is 7.66. The van der Waals surface area contributed by atoms with E-state index in [2.05, 4.69) is 36.2 Å². The van der Waals surface area contributed by atoms with Gasteiger partial charge < -0.3 is 19.7 Å². The van der Waals surface area contributed by atoms with Crippen molar-refractivity contribution >= 4 is 37.4 Å². The summed E-state index contributed by atoms with van der Waals surface area (Å²) in [5.41, 5.74) is 4.56. The summed E-state index contributed by atoms with van der Waals surface area (Å²) in [4.78, 5) is 39.8. The fraction of sp³-hybridized carbons (Fsp3) is 0.393. The minimum Gasteiger partial charge on any atom is -0.449 e. The van der Waals surface area contributed by atoms with E-state index in [9.17, 15) is 14.4 Å². The summed E-state index contributed by atoms with van der Waals surface area (Å²) in [6.45, 7) is 3.75. The van der Waals surface area contributed by atoms with Crippen LogP contribution < -0.4 is 5.32 Å². The maximum absolute atomic E-state index is 13.0. The molecule has 0 spiro atoms. The number of nitrogens with one attached hydrogen (secondary N) is 1. The quantitative estimate of drug-likeness (QED) is 0.367. The van der Waals surface area contributed by atoms with E-state index >= 15 is 0 Å². The Bertz CT molecular complexity index is 1200. The number of carbonyl (C=O) groups is 3. The van der Waals surface area contributed by atoms with Crippen LogP contribution in [0.15, 0.2) is 61.2 Å². The summed E-state index contributed by atoms with van der Waals surface area (Å²) < 4.78 is 12.4. The highest BCUT2D eigenvalue weighted by atomic mass is 32.4. The van der Waals surface area contributed by atoms with E-state index in [0.29, 0.717) is 20.3 Å². The second kappa shape index (κ2) is 11.6. The van der Waals surface area contributed by atoms with Crippen molar-refractivity contribution in [2.24, 2.45) is 0 Å². The molecule has 8 nitrogen and oxygen atoms in total. The zero-order valence-corrected chi connectivity index (χ0v) is 22.7. The first-order valence-corrected chi connectivity index (χ1v) is 14.7. The van der Waals surface area contributed by atoms with Crippen molar-refractivity contribution in [3.8, 4) is 11.1 Å². The third-order valence-corrected chi connectivity index (χ3v) is 8.91. The van der Waals surface area contributed by atoms with Crippen molar-refractivity contribution < 1.29 is 23.9 Å². The van der Waals surface area contributed by atoms with Gasteiger partial charge in [0.2, 0.25) is 5.91 Å². The number of hydrogen-bond acceptors (Lipinski definition) is 6. The number of benzene rings is 2. The van der Waals surface area contributed by atoms with Gasteiger partial charge >= 0.3 is 12.2 Å². The number of rotatable bonds is 8. The van der Waals surface area contributed by atoms with E-state index in [0.717, 1.165) is 35.1 Å². The molecule has 3 atom stereocenters. The van der Waals surface area contributed by atoms with Gasteiger partial charge in [0.1, 0.15) is 19.8 Å². The maximum Gasteiger partial charge on any atom is 0.410 e. The molecule has 2 bridgehead atoms. The summed E-state index contributed by atoms with van der Waals surface area (Å²) >= 11 is 5.26. The molecule has 0 unspecified atom stereocenters. The number of amides is 3. The largest absolute Gasteiger partial charge is 0.449 e. The Morgan fingerprint density at radius 2 is 1.63 bits per heavy atom. The molecule has 1 N–H and O–H groups in total. The van der Waals surface area contributed by atoms with Gasteiger partial charge in [0.15, 0.2) is 0 Å². The second-order valence-electron chi connectivity index (χ2n) is 9.78.